The van der Waals surface area contributed by atoms with E-state index in [2.05, 4.69) is 0 Å². The van der Waals surface area contributed by atoms with Gasteiger partial charge in [-0.15, -0.1) is 0 Å². The number of esters is 2. The molecule has 0 amide bonds. The Morgan fingerprint density at radius 3 is 2.00 bits per heavy atom. The molecule has 0 aliphatic carbocycles. The molecule has 0 fully saturated rings. The molecule has 0 N–H and O–H groups in total. The minimum atomic E-state index is -1.87. The van der Waals surface area contributed by atoms with Crippen LogP contribution in [0.25, 0.3) is 0 Å². The fraction of sp³-hybridized carbons (Fsp3) is 0.375. The van der Waals surface area contributed by atoms with Gasteiger partial charge in [0, 0.05) is 0 Å². The van der Waals surface area contributed by atoms with Crippen molar-refractivity contribution in [1.82, 2.24) is 0 Å². The molecule has 4 nitrogen and oxygen atoms in total. The molecule has 0 aliphatic rings. The van der Waals surface area contributed by atoms with Crippen molar-refractivity contribution in [2.24, 2.45) is 5.92 Å². The maximum absolute atomic E-state index is 13.2. The Labute approximate surface area is 140 Å². The first kappa shape index (κ1) is 19.3. The van der Waals surface area contributed by atoms with E-state index in [1.165, 1.54) is 0 Å². The van der Waals surface area contributed by atoms with Crippen LogP contribution in [0.1, 0.15) is 20.3 Å². The molecule has 7 heteroatoms. The summed E-state index contributed by atoms with van der Waals surface area (Å²) in [5.41, 5.74) is 0. The first-order valence-corrected chi connectivity index (χ1v) is 8.81. The monoisotopic (exact) mass is 392 g/mol. The SMILES string of the molecule is CCOC(=O)C(CC([Se]c1ccccc1)=C(F)F)C(=O)OCC. The number of ether oxygens (including phenoxy) is 2. The van der Waals surface area contributed by atoms with E-state index in [1.807, 2.05) is 0 Å². The molecule has 0 bridgehead atoms. The molecule has 0 saturated heterocycles. The van der Waals surface area contributed by atoms with E-state index in [9.17, 15) is 18.4 Å². The second-order valence-corrected chi connectivity index (χ2v) is 6.81. The van der Waals surface area contributed by atoms with Gasteiger partial charge in [0.2, 0.25) is 0 Å². The molecule has 1 rings (SSSR count). The fourth-order valence-corrected chi connectivity index (χ4v) is 3.62. The van der Waals surface area contributed by atoms with Crippen molar-refractivity contribution < 1.29 is 27.8 Å². The number of allylic oxidation sites excluding steroid dienone is 1. The van der Waals surface area contributed by atoms with Crippen LogP contribution >= 0.6 is 0 Å². The number of hydrogen-bond acceptors (Lipinski definition) is 4. The first-order chi connectivity index (χ1) is 11.0. The summed E-state index contributed by atoms with van der Waals surface area (Å²) >= 11 is -0.683. The Bertz CT molecular complexity index is 538. The van der Waals surface area contributed by atoms with Crippen LogP contribution < -0.4 is 4.46 Å². The zero-order chi connectivity index (χ0) is 17.2. The average molecular weight is 391 g/mol. The van der Waals surface area contributed by atoms with E-state index in [0.29, 0.717) is 0 Å². The number of carbonyl (C=O) groups excluding carboxylic acids is 2. The number of hydrogen-bond donors (Lipinski definition) is 0. The second kappa shape index (κ2) is 10.1. The van der Waals surface area contributed by atoms with Crippen molar-refractivity contribution in [3.8, 4) is 0 Å². The van der Waals surface area contributed by atoms with Crippen LogP contribution in [-0.4, -0.2) is 40.1 Å². The molecule has 0 atom stereocenters. The summed E-state index contributed by atoms with van der Waals surface area (Å²) < 4.78 is 36.6. The van der Waals surface area contributed by atoms with Crippen molar-refractivity contribution in [3.63, 3.8) is 0 Å². The summed E-state index contributed by atoms with van der Waals surface area (Å²) in [5.74, 6) is -3.04. The number of carbonyl (C=O) groups is 2. The van der Waals surface area contributed by atoms with Gasteiger partial charge in [0.25, 0.3) is 0 Å². The summed E-state index contributed by atoms with van der Waals surface area (Å²) in [6.45, 7) is 3.30. The third-order valence-corrected chi connectivity index (χ3v) is 4.98. The predicted octanol–water partition coefficient (Wildman–Crippen LogP) is 2.26. The molecule has 0 radical (unpaired) electrons. The summed E-state index contributed by atoms with van der Waals surface area (Å²) in [4.78, 5) is 23.8. The van der Waals surface area contributed by atoms with Crippen molar-refractivity contribution in [2.75, 3.05) is 13.2 Å². The standard InChI is InChI=1S/C16H18F2O4Se/c1-3-21-15(19)12(16(20)22-4-2)10-13(14(17)18)23-11-8-6-5-7-9-11/h5-9,12H,3-4,10H2,1-2H3. The van der Waals surface area contributed by atoms with Crippen LogP contribution in [0.15, 0.2) is 40.9 Å². The third kappa shape index (κ3) is 6.50. The van der Waals surface area contributed by atoms with Gasteiger partial charge in [-0.25, -0.2) is 0 Å². The van der Waals surface area contributed by atoms with Crippen LogP contribution in [0.5, 0.6) is 0 Å². The van der Waals surface area contributed by atoms with E-state index in [0.717, 1.165) is 4.46 Å². The molecule has 23 heavy (non-hydrogen) atoms. The van der Waals surface area contributed by atoms with Gasteiger partial charge >= 0.3 is 139 Å². The average Bonchev–Trinajstić information content (AvgIpc) is 2.52. The minimum absolute atomic E-state index is 0.0652. The molecule has 0 heterocycles. The fourth-order valence-electron chi connectivity index (χ4n) is 1.72. The van der Waals surface area contributed by atoms with Gasteiger partial charge in [-0.1, -0.05) is 0 Å². The van der Waals surface area contributed by atoms with Gasteiger partial charge in [-0.3, -0.25) is 0 Å². The number of rotatable bonds is 8. The van der Waals surface area contributed by atoms with E-state index >= 15 is 0 Å². The van der Waals surface area contributed by atoms with Crippen molar-refractivity contribution >= 4 is 31.4 Å². The van der Waals surface area contributed by atoms with Crippen molar-refractivity contribution in [2.45, 2.75) is 20.3 Å². The molecular weight excluding hydrogens is 373 g/mol. The molecule has 0 aromatic heterocycles. The Morgan fingerprint density at radius 1 is 1.04 bits per heavy atom. The molecule has 1 aromatic rings. The molecule has 0 unspecified atom stereocenters. The van der Waals surface area contributed by atoms with Crippen LogP contribution in [0.3, 0.4) is 0 Å². The molecule has 0 spiro atoms. The molecule has 1 aromatic carbocycles. The summed E-state index contributed by atoms with van der Waals surface area (Å²) in [5, 5.41) is 0. The van der Waals surface area contributed by atoms with E-state index in [-0.39, 0.29) is 17.7 Å². The number of benzene rings is 1. The zero-order valence-corrected chi connectivity index (χ0v) is 14.6. The molecule has 0 saturated carbocycles. The Morgan fingerprint density at radius 2 is 1.57 bits per heavy atom. The molecule has 126 valence electrons. The van der Waals surface area contributed by atoms with E-state index in [1.54, 1.807) is 44.2 Å². The molecular formula is C16H18F2O4Se. The Balaban J connectivity index is 2.94. The van der Waals surface area contributed by atoms with Gasteiger partial charge in [0.1, 0.15) is 0 Å². The van der Waals surface area contributed by atoms with Gasteiger partial charge in [-0.2, -0.15) is 0 Å². The normalized spacial score (nSPS) is 10.3. The van der Waals surface area contributed by atoms with Gasteiger partial charge in [0.05, 0.1) is 0 Å². The van der Waals surface area contributed by atoms with Crippen LogP contribution in [0.2, 0.25) is 0 Å². The topological polar surface area (TPSA) is 52.6 Å². The predicted molar refractivity (Wildman–Crippen MR) is 82.4 cm³/mol. The van der Waals surface area contributed by atoms with Gasteiger partial charge in [0.15, 0.2) is 0 Å². The van der Waals surface area contributed by atoms with E-state index in [4.69, 9.17) is 9.47 Å². The molecule has 0 aliphatic heterocycles. The van der Waals surface area contributed by atoms with Crippen molar-refractivity contribution in [3.05, 3.63) is 40.9 Å². The van der Waals surface area contributed by atoms with Crippen LogP contribution in [-0.2, 0) is 19.1 Å². The maximum atomic E-state index is 13.2. The number of halogens is 2. The first-order valence-electron chi connectivity index (χ1n) is 7.09. The van der Waals surface area contributed by atoms with Crippen LogP contribution in [0.4, 0.5) is 8.78 Å². The van der Waals surface area contributed by atoms with Crippen molar-refractivity contribution in [1.29, 1.82) is 0 Å². The summed E-state index contributed by atoms with van der Waals surface area (Å²) in [6, 6.07) is 8.74. The second-order valence-electron chi connectivity index (χ2n) is 4.36. The quantitative estimate of drug-likeness (QED) is 0.388. The van der Waals surface area contributed by atoms with Gasteiger partial charge < -0.3 is 0 Å². The summed E-state index contributed by atoms with van der Waals surface area (Å²) in [6.07, 6.45) is -2.26. The third-order valence-electron chi connectivity index (χ3n) is 2.73. The van der Waals surface area contributed by atoms with Gasteiger partial charge in [-0.05, 0) is 0 Å². The Hall–Kier alpha value is -1.72. The zero-order valence-electron chi connectivity index (χ0n) is 12.9. The summed E-state index contributed by atoms with van der Waals surface area (Å²) in [7, 11) is 0. The van der Waals surface area contributed by atoms with E-state index < -0.39 is 45.3 Å². The van der Waals surface area contributed by atoms with Crippen LogP contribution in [0, 0.1) is 5.92 Å². The Kier molecular flexibility index (Phi) is 8.51.